The number of nitrogens with zero attached hydrogens (tertiary/aromatic N) is 1. The van der Waals surface area contributed by atoms with Gasteiger partial charge in [0, 0.05) is 6.42 Å². The normalized spacial score (nSPS) is 14.6. The fraction of sp³-hybridized carbons (Fsp3) is 0.667. The molecule has 0 bridgehead atoms. The molecule has 0 saturated carbocycles. The van der Waals surface area contributed by atoms with E-state index in [9.17, 15) is 9.18 Å². The highest BCUT2D eigenvalue weighted by Crippen LogP contribution is 2.01. The number of carboxylic acid groups (broad SMARTS) is 1. The Morgan fingerprint density at radius 3 is 2.46 bits per heavy atom. The quantitative estimate of drug-likeness (QED) is 0.308. The van der Waals surface area contributed by atoms with Crippen molar-refractivity contribution in [2.75, 3.05) is 6.54 Å². The van der Waals surface area contributed by atoms with Crippen molar-refractivity contribution in [1.82, 2.24) is 0 Å². The molecule has 0 saturated heterocycles. The zero-order valence-electron chi connectivity index (χ0n) is 6.98. The van der Waals surface area contributed by atoms with Crippen molar-refractivity contribution in [3.05, 3.63) is 0 Å². The molecule has 0 unspecified atom stereocenters. The summed E-state index contributed by atoms with van der Waals surface area (Å²) in [4.78, 5) is 13.6. The van der Waals surface area contributed by atoms with Crippen LogP contribution in [-0.2, 0) is 4.79 Å². The molecule has 13 heavy (non-hydrogen) atoms. The monoisotopic (exact) mass is 192 g/mol. The Balaban J connectivity index is 3.80. The molecule has 7 heteroatoms. The molecule has 0 spiro atoms. The van der Waals surface area contributed by atoms with E-state index in [2.05, 4.69) is 4.99 Å². The maximum absolute atomic E-state index is 12.8. The van der Waals surface area contributed by atoms with E-state index in [-0.39, 0.29) is 18.9 Å². The molecule has 0 aliphatic carbocycles. The predicted molar refractivity (Wildman–Crippen MR) is 45.8 cm³/mol. The van der Waals surface area contributed by atoms with Crippen LogP contribution in [0.25, 0.3) is 0 Å². The number of nitrogens with two attached hydrogens (primary N) is 3. The van der Waals surface area contributed by atoms with Crippen LogP contribution < -0.4 is 17.2 Å². The van der Waals surface area contributed by atoms with E-state index >= 15 is 0 Å². The highest BCUT2D eigenvalue weighted by molar-refractivity contribution is 5.75. The van der Waals surface area contributed by atoms with Gasteiger partial charge in [-0.2, -0.15) is 0 Å². The summed E-state index contributed by atoms with van der Waals surface area (Å²) in [6.07, 6.45) is -1.74. The third-order valence-corrected chi connectivity index (χ3v) is 1.30. The Hall–Kier alpha value is -1.37. The van der Waals surface area contributed by atoms with E-state index in [1.165, 1.54) is 0 Å². The minimum absolute atomic E-state index is 0.230. The maximum atomic E-state index is 12.8. The molecule has 6 nitrogen and oxygen atoms in total. The molecule has 0 aliphatic heterocycles. The second kappa shape index (κ2) is 5.31. The molecule has 0 fully saturated rings. The van der Waals surface area contributed by atoms with E-state index in [0.29, 0.717) is 0 Å². The number of rotatable bonds is 5. The van der Waals surface area contributed by atoms with Gasteiger partial charge in [-0.25, -0.2) is 4.39 Å². The molecule has 76 valence electrons. The summed E-state index contributed by atoms with van der Waals surface area (Å²) in [5.41, 5.74) is 15.0. The van der Waals surface area contributed by atoms with Gasteiger partial charge in [0.1, 0.15) is 12.2 Å². The lowest BCUT2D eigenvalue weighted by atomic mass is 10.1. The van der Waals surface area contributed by atoms with Gasteiger partial charge >= 0.3 is 5.97 Å². The largest absolute Gasteiger partial charge is 0.480 e. The molecule has 0 aromatic heterocycles. The van der Waals surface area contributed by atoms with Crippen LogP contribution in [0.1, 0.15) is 6.42 Å². The lowest BCUT2D eigenvalue weighted by Crippen LogP contribution is -2.34. The lowest BCUT2D eigenvalue weighted by Gasteiger charge is -2.08. The molecule has 0 heterocycles. The van der Waals surface area contributed by atoms with Gasteiger partial charge < -0.3 is 22.3 Å². The van der Waals surface area contributed by atoms with Crippen molar-refractivity contribution in [2.24, 2.45) is 22.2 Å². The van der Waals surface area contributed by atoms with Crippen LogP contribution in [0.5, 0.6) is 0 Å². The smallest absolute Gasteiger partial charge is 0.320 e. The van der Waals surface area contributed by atoms with Crippen LogP contribution in [0.15, 0.2) is 4.99 Å². The molecular formula is C6H13FN4O2. The average molecular weight is 192 g/mol. The molecule has 0 rings (SSSR count). The van der Waals surface area contributed by atoms with Crippen molar-refractivity contribution in [3.8, 4) is 0 Å². The predicted octanol–water partition coefficient (Wildman–Crippen LogP) is -1.60. The molecule has 2 atom stereocenters. The minimum Gasteiger partial charge on any atom is -0.480 e. The summed E-state index contributed by atoms with van der Waals surface area (Å²) >= 11 is 0. The van der Waals surface area contributed by atoms with Crippen molar-refractivity contribution in [1.29, 1.82) is 0 Å². The van der Waals surface area contributed by atoms with E-state index in [1.54, 1.807) is 0 Å². The molecular weight excluding hydrogens is 179 g/mol. The van der Waals surface area contributed by atoms with E-state index in [4.69, 9.17) is 22.3 Å². The van der Waals surface area contributed by atoms with Gasteiger partial charge in [-0.05, 0) is 0 Å². The molecule has 0 amide bonds. The number of carbonyl (C=O) groups is 1. The van der Waals surface area contributed by atoms with E-state index < -0.39 is 18.2 Å². The second-order valence-electron chi connectivity index (χ2n) is 2.54. The van der Waals surface area contributed by atoms with Crippen molar-refractivity contribution in [3.63, 3.8) is 0 Å². The maximum Gasteiger partial charge on any atom is 0.320 e. The van der Waals surface area contributed by atoms with Gasteiger partial charge in [0.05, 0.1) is 6.54 Å². The molecule has 0 aliphatic rings. The molecule has 7 N–H and O–H groups in total. The van der Waals surface area contributed by atoms with Crippen LogP contribution in [0, 0.1) is 0 Å². The summed E-state index contributed by atoms with van der Waals surface area (Å²) in [5.74, 6) is -1.47. The number of carboxylic acids is 1. The summed E-state index contributed by atoms with van der Waals surface area (Å²) in [6, 6.07) is -1.22. The first-order valence-corrected chi connectivity index (χ1v) is 3.61. The summed E-state index contributed by atoms with van der Waals surface area (Å²) in [5, 5.41) is 8.33. The Bertz CT molecular complexity index is 205. The zero-order chi connectivity index (χ0) is 10.4. The highest BCUT2D eigenvalue weighted by atomic mass is 19.1. The van der Waals surface area contributed by atoms with Crippen molar-refractivity contribution in [2.45, 2.75) is 18.6 Å². The topological polar surface area (TPSA) is 128 Å². The SMILES string of the molecule is NC(N)=NC[C@@H](F)C[C@H](N)C(=O)O. The summed E-state index contributed by atoms with van der Waals surface area (Å²) in [7, 11) is 0. The fourth-order valence-electron chi connectivity index (χ4n) is 0.655. The lowest BCUT2D eigenvalue weighted by molar-refractivity contribution is -0.139. The van der Waals surface area contributed by atoms with Gasteiger partial charge in [-0.3, -0.25) is 9.79 Å². The van der Waals surface area contributed by atoms with E-state index in [0.717, 1.165) is 0 Å². The number of hydrogen-bond donors (Lipinski definition) is 4. The Kier molecular flexibility index (Phi) is 4.75. The molecule has 0 radical (unpaired) electrons. The number of aliphatic carboxylic acids is 1. The first-order chi connectivity index (χ1) is 5.93. The fourth-order valence-corrected chi connectivity index (χ4v) is 0.655. The van der Waals surface area contributed by atoms with Crippen LogP contribution >= 0.6 is 0 Å². The van der Waals surface area contributed by atoms with Gasteiger partial charge in [0.2, 0.25) is 0 Å². The Morgan fingerprint density at radius 2 is 2.08 bits per heavy atom. The summed E-state index contributed by atoms with van der Waals surface area (Å²) in [6.45, 7) is -0.261. The van der Waals surface area contributed by atoms with Crippen molar-refractivity contribution >= 4 is 11.9 Å². The standard InChI is InChI=1S/C6H13FN4O2/c7-3(2-11-6(9)10)1-4(8)5(12)13/h3-4H,1-2,8H2,(H,12,13)(H4,9,10,11)/t3-,4-/m0/s1. The molecule has 0 aromatic carbocycles. The van der Waals surface area contributed by atoms with Gasteiger partial charge in [-0.1, -0.05) is 0 Å². The Labute approximate surface area is 74.6 Å². The van der Waals surface area contributed by atoms with E-state index in [1.807, 2.05) is 0 Å². The number of halogens is 1. The van der Waals surface area contributed by atoms with Crippen molar-refractivity contribution < 1.29 is 14.3 Å². The number of hydrogen-bond acceptors (Lipinski definition) is 3. The zero-order valence-corrected chi connectivity index (χ0v) is 6.98. The van der Waals surface area contributed by atoms with Gasteiger partial charge in [0.15, 0.2) is 5.96 Å². The Morgan fingerprint density at radius 1 is 1.54 bits per heavy atom. The van der Waals surface area contributed by atoms with Crippen LogP contribution in [0.2, 0.25) is 0 Å². The van der Waals surface area contributed by atoms with Gasteiger partial charge in [-0.15, -0.1) is 0 Å². The molecule has 0 aromatic rings. The second-order valence-corrected chi connectivity index (χ2v) is 2.54. The summed E-state index contributed by atoms with van der Waals surface area (Å²) < 4.78 is 12.8. The van der Waals surface area contributed by atoms with Gasteiger partial charge in [0.25, 0.3) is 0 Å². The number of aliphatic imine (C=N–C) groups is 1. The number of guanidine groups is 1. The van der Waals surface area contributed by atoms with Crippen LogP contribution in [-0.4, -0.2) is 35.8 Å². The van der Waals surface area contributed by atoms with Crippen LogP contribution in [0.3, 0.4) is 0 Å². The number of alkyl halides is 1. The first kappa shape index (κ1) is 11.6. The van der Waals surface area contributed by atoms with Crippen LogP contribution in [0.4, 0.5) is 4.39 Å². The third kappa shape index (κ3) is 5.85. The first-order valence-electron chi connectivity index (χ1n) is 3.61. The average Bonchev–Trinajstić information content (AvgIpc) is 2.00. The highest BCUT2D eigenvalue weighted by Gasteiger charge is 2.17. The minimum atomic E-state index is -1.44. The third-order valence-electron chi connectivity index (χ3n) is 1.30.